The molecule has 2 aliphatic rings. The molecule has 0 spiro atoms. The molecule has 1 N–H and O–H groups in total. The zero-order valence-electron chi connectivity index (χ0n) is 18.5. The average molecular weight is 442 g/mol. The Morgan fingerprint density at radius 3 is 2.87 bits per heavy atom. The molecular formula is C24H32ClN5O. The van der Waals surface area contributed by atoms with Crippen LogP contribution in [0.25, 0.3) is 0 Å². The lowest BCUT2D eigenvalue weighted by molar-refractivity contribution is -0.129. The highest BCUT2D eigenvalue weighted by atomic mass is 35.5. The lowest BCUT2D eigenvalue weighted by Gasteiger charge is -2.32. The van der Waals surface area contributed by atoms with Crippen LogP contribution in [0.4, 0.5) is 5.82 Å². The van der Waals surface area contributed by atoms with Crippen molar-refractivity contribution in [2.45, 2.75) is 51.5 Å². The predicted molar refractivity (Wildman–Crippen MR) is 125 cm³/mol. The largest absolute Gasteiger partial charge is 0.370 e. The normalized spacial score (nSPS) is 19.2. The molecule has 0 bridgehead atoms. The molecule has 1 amide bonds. The van der Waals surface area contributed by atoms with Crippen LogP contribution < -0.4 is 5.32 Å². The third kappa shape index (κ3) is 5.36. The summed E-state index contributed by atoms with van der Waals surface area (Å²) in [4.78, 5) is 26.2. The summed E-state index contributed by atoms with van der Waals surface area (Å²) < 4.78 is 0. The van der Waals surface area contributed by atoms with Gasteiger partial charge in [-0.05, 0) is 50.9 Å². The summed E-state index contributed by atoms with van der Waals surface area (Å²) in [5.74, 6) is 2.33. The number of aromatic nitrogens is 2. The van der Waals surface area contributed by atoms with Crippen molar-refractivity contribution < 1.29 is 4.79 Å². The number of hydrogen-bond donors (Lipinski definition) is 1. The van der Waals surface area contributed by atoms with Crippen molar-refractivity contribution in [2.75, 3.05) is 38.5 Å². The van der Waals surface area contributed by atoms with E-state index in [9.17, 15) is 4.79 Å². The summed E-state index contributed by atoms with van der Waals surface area (Å²) in [6.45, 7) is 5.90. The molecule has 1 atom stereocenters. The zero-order chi connectivity index (χ0) is 21.8. The number of nitrogens with one attached hydrogen (secondary N) is 1. The van der Waals surface area contributed by atoms with Gasteiger partial charge >= 0.3 is 0 Å². The number of amides is 1. The number of nitrogens with zero attached hydrogens (tertiary/aromatic N) is 4. The monoisotopic (exact) mass is 441 g/mol. The number of aryl methyl sites for hydroxylation is 1. The number of carbonyl (C=O) groups is 1. The van der Waals surface area contributed by atoms with Crippen molar-refractivity contribution in [1.29, 1.82) is 0 Å². The van der Waals surface area contributed by atoms with Crippen molar-refractivity contribution in [3.8, 4) is 0 Å². The van der Waals surface area contributed by atoms with E-state index in [-0.39, 0.29) is 5.91 Å². The second kappa shape index (κ2) is 9.96. The van der Waals surface area contributed by atoms with Gasteiger partial charge in [-0.2, -0.15) is 0 Å². The third-order valence-electron chi connectivity index (χ3n) is 6.39. The van der Waals surface area contributed by atoms with Crippen molar-refractivity contribution in [2.24, 2.45) is 0 Å². The molecule has 1 fully saturated rings. The van der Waals surface area contributed by atoms with E-state index in [4.69, 9.17) is 21.6 Å². The maximum absolute atomic E-state index is 12.0. The number of carbonyl (C=O) groups excluding carboxylic acids is 1. The molecule has 2 aromatic rings. The predicted octanol–water partition coefficient (Wildman–Crippen LogP) is 3.89. The van der Waals surface area contributed by atoms with E-state index < -0.39 is 0 Å². The van der Waals surface area contributed by atoms with E-state index in [1.54, 1.807) is 6.92 Å². The summed E-state index contributed by atoms with van der Waals surface area (Å²) in [6, 6.07) is 8.01. The molecule has 3 heterocycles. The standard InChI is InChI=1S/C24H32ClN5O/c1-17(31)30-14-11-22-20(16-30)24(26-12-5-8-18-7-3-4-10-21(18)25)28-23(27-22)19-9-6-13-29(2)15-19/h3-4,7,10,19H,5-6,8-9,11-16H2,1-2H3,(H,26,27,28)/t19-/m1/s1. The van der Waals surface area contributed by atoms with Crippen LogP contribution in [0.3, 0.4) is 0 Å². The molecule has 31 heavy (non-hydrogen) atoms. The fourth-order valence-electron chi connectivity index (χ4n) is 4.59. The van der Waals surface area contributed by atoms with Crippen LogP contribution in [0.5, 0.6) is 0 Å². The summed E-state index contributed by atoms with van der Waals surface area (Å²) >= 11 is 6.30. The Balaban J connectivity index is 1.51. The van der Waals surface area contributed by atoms with E-state index in [1.807, 2.05) is 23.1 Å². The first-order chi connectivity index (χ1) is 15.0. The Hall–Kier alpha value is -2.18. The third-order valence-corrected chi connectivity index (χ3v) is 6.75. The lowest BCUT2D eigenvalue weighted by Crippen LogP contribution is -2.36. The molecule has 1 aromatic heterocycles. The van der Waals surface area contributed by atoms with Crippen molar-refractivity contribution in [1.82, 2.24) is 19.8 Å². The highest BCUT2D eigenvalue weighted by Crippen LogP contribution is 2.30. The number of halogens is 1. The molecule has 0 unspecified atom stereocenters. The topological polar surface area (TPSA) is 61.4 Å². The molecular weight excluding hydrogens is 410 g/mol. The first-order valence-corrected chi connectivity index (χ1v) is 11.7. The molecule has 0 radical (unpaired) electrons. The van der Waals surface area contributed by atoms with Gasteiger partial charge in [-0.15, -0.1) is 0 Å². The van der Waals surface area contributed by atoms with Gasteiger partial charge in [-0.1, -0.05) is 29.8 Å². The average Bonchev–Trinajstić information content (AvgIpc) is 2.77. The van der Waals surface area contributed by atoms with E-state index in [0.29, 0.717) is 12.5 Å². The number of rotatable bonds is 6. The van der Waals surface area contributed by atoms with Gasteiger partial charge in [0.1, 0.15) is 11.6 Å². The Morgan fingerprint density at radius 2 is 2.10 bits per heavy atom. The number of hydrogen-bond acceptors (Lipinski definition) is 5. The SMILES string of the molecule is CC(=O)N1CCc2nc([C@@H]3CCCN(C)C3)nc(NCCCc3ccccc3Cl)c2C1. The van der Waals surface area contributed by atoms with Gasteiger partial charge in [0.15, 0.2) is 0 Å². The number of anilines is 1. The highest BCUT2D eigenvalue weighted by Gasteiger charge is 2.27. The number of fused-ring (bicyclic) bond motifs is 1. The minimum Gasteiger partial charge on any atom is -0.370 e. The molecule has 0 aliphatic carbocycles. The summed E-state index contributed by atoms with van der Waals surface area (Å²) in [7, 11) is 2.17. The molecule has 4 rings (SSSR count). The minimum absolute atomic E-state index is 0.105. The van der Waals surface area contributed by atoms with Crippen molar-refractivity contribution in [3.05, 3.63) is 51.9 Å². The summed E-state index contributed by atoms with van der Waals surface area (Å²) in [5.41, 5.74) is 3.35. The van der Waals surface area contributed by atoms with Crippen molar-refractivity contribution in [3.63, 3.8) is 0 Å². The minimum atomic E-state index is 0.105. The fraction of sp³-hybridized carbons (Fsp3) is 0.542. The first-order valence-electron chi connectivity index (χ1n) is 11.3. The van der Waals surface area contributed by atoms with Crippen LogP contribution in [0.2, 0.25) is 5.02 Å². The van der Waals surface area contributed by atoms with Crippen molar-refractivity contribution >= 4 is 23.3 Å². The van der Waals surface area contributed by atoms with Crippen LogP contribution >= 0.6 is 11.6 Å². The maximum atomic E-state index is 12.0. The van der Waals surface area contributed by atoms with Crippen LogP contribution in [0.1, 0.15) is 54.7 Å². The quantitative estimate of drug-likeness (QED) is 0.689. The number of likely N-dealkylation sites (tertiary alicyclic amines) is 1. The first kappa shape index (κ1) is 22.0. The van der Waals surface area contributed by atoms with Gasteiger partial charge < -0.3 is 15.1 Å². The molecule has 0 saturated carbocycles. The number of benzene rings is 1. The van der Waals surface area contributed by atoms with Gasteiger partial charge in [-0.3, -0.25) is 4.79 Å². The van der Waals surface area contributed by atoms with E-state index in [1.165, 1.54) is 12.0 Å². The molecule has 7 heteroatoms. The smallest absolute Gasteiger partial charge is 0.219 e. The Labute approximate surface area is 190 Å². The zero-order valence-corrected chi connectivity index (χ0v) is 19.3. The molecule has 1 saturated heterocycles. The summed E-state index contributed by atoms with van der Waals surface area (Å²) in [6.07, 6.45) is 4.98. The van der Waals surface area contributed by atoms with Gasteiger partial charge in [0.05, 0.1) is 12.2 Å². The molecule has 2 aliphatic heterocycles. The van der Waals surface area contributed by atoms with Crippen LogP contribution in [-0.2, 0) is 24.2 Å². The van der Waals surface area contributed by atoms with E-state index in [2.05, 4.69) is 23.3 Å². The maximum Gasteiger partial charge on any atom is 0.219 e. The highest BCUT2D eigenvalue weighted by molar-refractivity contribution is 6.31. The van der Waals surface area contributed by atoms with Crippen LogP contribution in [0, 0.1) is 0 Å². The van der Waals surface area contributed by atoms with E-state index in [0.717, 1.165) is 79.8 Å². The Kier molecular flexibility index (Phi) is 7.08. The van der Waals surface area contributed by atoms with Crippen LogP contribution in [0.15, 0.2) is 24.3 Å². The van der Waals surface area contributed by atoms with Gasteiger partial charge in [0.25, 0.3) is 0 Å². The molecule has 166 valence electrons. The number of piperidine rings is 1. The summed E-state index contributed by atoms with van der Waals surface area (Å²) in [5, 5.41) is 4.39. The Bertz CT molecular complexity index is 934. The van der Waals surface area contributed by atoms with Gasteiger partial charge in [-0.25, -0.2) is 9.97 Å². The second-order valence-corrected chi connectivity index (χ2v) is 9.18. The molecule has 1 aromatic carbocycles. The Morgan fingerprint density at radius 1 is 1.26 bits per heavy atom. The fourth-order valence-corrected chi connectivity index (χ4v) is 4.82. The molecule has 6 nitrogen and oxygen atoms in total. The lowest BCUT2D eigenvalue weighted by atomic mass is 9.96. The van der Waals surface area contributed by atoms with Gasteiger partial charge in [0, 0.05) is 49.5 Å². The van der Waals surface area contributed by atoms with E-state index >= 15 is 0 Å². The second-order valence-electron chi connectivity index (χ2n) is 8.77. The van der Waals surface area contributed by atoms with Crippen LogP contribution in [-0.4, -0.2) is 58.9 Å². The van der Waals surface area contributed by atoms with Gasteiger partial charge in [0.2, 0.25) is 5.91 Å². The number of likely N-dealkylation sites (N-methyl/N-ethyl adjacent to an activating group) is 1.